The Hall–Kier alpha value is -0.630. The van der Waals surface area contributed by atoms with Crippen molar-refractivity contribution in [2.24, 2.45) is 0 Å². The van der Waals surface area contributed by atoms with Gasteiger partial charge >= 0.3 is 0 Å². The van der Waals surface area contributed by atoms with Crippen LogP contribution >= 0.6 is 22.9 Å². The molecule has 0 unspecified atom stereocenters. The smallest absolute Gasteiger partial charge is 0.259 e. The molecule has 5 nitrogen and oxygen atoms in total. The van der Waals surface area contributed by atoms with Crippen LogP contribution < -0.4 is 4.72 Å². The summed E-state index contributed by atoms with van der Waals surface area (Å²) in [6.45, 7) is 2.41. The van der Waals surface area contributed by atoms with E-state index in [0.717, 1.165) is 12.8 Å². The second-order valence-electron chi connectivity index (χ2n) is 3.51. The largest absolute Gasteiger partial charge is 0.279 e. The van der Waals surface area contributed by atoms with Crippen molar-refractivity contribution in [1.82, 2.24) is 14.1 Å². The van der Waals surface area contributed by atoms with Gasteiger partial charge in [-0.2, -0.15) is 0 Å². The zero-order valence-electron chi connectivity index (χ0n) is 9.18. The highest BCUT2D eigenvalue weighted by Crippen LogP contribution is 2.25. The van der Waals surface area contributed by atoms with E-state index in [1.807, 2.05) is 6.92 Å². The van der Waals surface area contributed by atoms with Gasteiger partial charge in [0, 0.05) is 18.1 Å². The lowest BCUT2D eigenvalue weighted by atomic mass is 10.3. The molecule has 0 aliphatic rings. The first-order valence-corrected chi connectivity index (χ1v) is 7.91. The SMILES string of the molecule is CCCCNS(=O)(=O)c1c(Cl)nc2sccn12. The van der Waals surface area contributed by atoms with E-state index < -0.39 is 10.0 Å². The second-order valence-corrected chi connectivity index (χ2v) is 6.43. The molecule has 2 aromatic heterocycles. The van der Waals surface area contributed by atoms with E-state index in [1.165, 1.54) is 15.7 Å². The third-order valence-corrected chi connectivity index (χ3v) is 4.87. The van der Waals surface area contributed by atoms with Crippen molar-refractivity contribution in [3.63, 3.8) is 0 Å². The number of unbranched alkanes of at least 4 members (excludes halogenated alkanes) is 1. The fourth-order valence-electron chi connectivity index (χ4n) is 1.43. The van der Waals surface area contributed by atoms with Crippen LogP contribution in [0.1, 0.15) is 19.8 Å². The number of aromatic nitrogens is 2. The van der Waals surface area contributed by atoms with Gasteiger partial charge in [0.25, 0.3) is 10.0 Å². The third kappa shape index (κ3) is 2.47. The minimum atomic E-state index is -3.59. The summed E-state index contributed by atoms with van der Waals surface area (Å²) >= 11 is 7.20. The zero-order valence-corrected chi connectivity index (χ0v) is 11.6. The quantitative estimate of drug-likeness (QED) is 0.859. The molecule has 0 saturated heterocycles. The summed E-state index contributed by atoms with van der Waals surface area (Å²) in [5.41, 5.74) is 0. The Balaban J connectivity index is 2.37. The highest BCUT2D eigenvalue weighted by Gasteiger charge is 2.24. The minimum Gasteiger partial charge on any atom is -0.279 e. The topological polar surface area (TPSA) is 63.5 Å². The predicted molar refractivity (Wildman–Crippen MR) is 68.2 cm³/mol. The fraction of sp³-hybridized carbons (Fsp3) is 0.444. The van der Waals surface area contributed by atoms with Crippen molar-refractivity contribution in [1.29, 1.82) is 0 Å². The Morgan fingerprint density at radius 3 is 3.06 bits per heavy atom. The van der Waals surface area contributed by atoms with E-state index >= 15 is 0 Å². The molecular formula is C9H12ClN3O2S2. The number of sulfonamides is 1. The number of hydrogen-bond acceptors (Lipinski definition) is 4. The molecular weight excluding hydrogens is 282 g/mol. The molecule has 0 aliphatic carbocycles. The van der Waals surface area contributed by atoms with Gasteiger partial charge in [-0.3, -0.25) is 4.40 Å². The number of imidazole rings is 1. The molecule has 0 amide bonds. The molecule has 8 heteroatoms. The van der Waals surface area contributed by atoms with Crippen molar-refractivity contribution in [2.45, 2.75) is 24.8 Å². The molecule has 0 aromatic carbocycles. The average molecular weight is 294 g/mol. The fourth-order valence-corrected chi connectivity index (χ4v) is 3.95. The van der Waals surface area contributed by atoms with Crippen molar-refractivity contribution in [2.75, 3.05) is 6.54 Å². The Labute approximate surface area is 108 Å². The summed E-state index contributed by atoms with van der Waals surface area (Å²) < 4.78 is 28.1. The van der Waals surface area contributed by atoms with E-state index in [9.17, 15) is 8.42 Å². The van der Waals surface area contributed by atoms with Crippen molar-refractivity contribution < 1.29 is 8.42 Å². The number of halogens is 1. The lowest BCUT2D eigenvalue weighted by Gasteiger charge is -2.04. The number of nitrogens with one attached hydrogen (secondary N) is 1. The van der Waals surface area contributed by atoms with Gasteiger partial charge in [-0.05, 0) is 6.42 Å². The highest BCUT2D eigenvalue weighted by atomic mass is 35.5. The Morgan fingerprint density at radius 1 is 1.59 bits per heavy atom. The molecule has 1 N–H and O–H groups in total. The second kappa shape index (κ2) is 4.93. The van der Waals surface area contributed by atoms with Crippen LogP contribution in [0.4, 0.5) is 0 Å². The number of nitrogens with zero attached hydrogens (tertiary/aromatic N) is 2. The maximum absolute atomic E-state index is 12.0. The average Bonchev–Trinajstić information content (AvgIpc) is 2.76. The summed E-state index contributed by atoms with van der Waals surface area (Å²) in [5, 5.41) is 1.80. The molecule has 17 heavy (non-hydrogen) atoms. The molecule has 2 heterocycles. The summed E-state index contributed by atoms with van der Waals surface area (Å²) in [6, 6.07) is 0. The zero-order chi connectivity index (χ0) is 12.5. The first-order valence-electron chi connectivity index (χ1n) is 5.17. The summed E-state index contributed by atoms with van der Waals surface area (Å²) in [4.78, 5) is 4.57. The Bertz CT molecular complexity index is 617. The van der Waals surface area contributed by atoms with Gasteiger partial charge in [0.05, 0.1) is 0 Å². The molecule has 2 aromatic rings. The van der Waals surface area contributed by atoms with Crippen LogP contribution in [-0.4, -0.2) is 24.3 Å². The van der Waals surface area contributed by atoms with Crippen LogP contribution in [0.5, 0.6) is 0 Å². The van der Waals surface area contributed by atoms with Gasteiger partial charge in [0.15, 0.2) is 15.1 Å². The third-order valence-electron chi connectivity index (χ3n) is 2.26. The van der Waals surface area contributed by atoms with Crippen LogP contribution in [0.2, 0.25) is 5.15 Å². The first-order chi connectivity index (χ1) is 8.06. The van der Waals surface area contributed by atoms with Gasteiger partial charge in [0.2, 0.25) is 0 Å². The minimum absolute atomic E-state index is 0.0147. The van der Waals surface area contributed by atoms with Crippen LogP contribution in [-0.2, 0) is 10.0 Å². The van der Waals surface area contributed by atoms with Crippen molar-refractivity contribution >= 4 is 37.9 Å². The van der Waals surface area contributed by atoms with E-state index in [2.05, 4.69) is 9.71 Å². The standard InChI is InChI=1S/C9H12ClN3O2S2/c1-2-3-4-11-17(14,15)8-7(10)12-9-13(8)5-6-16-9/h5-6,11H,2-4H2,1H3. The van der Waals surface area contributed by atoms with Gasteiger partial charge in [0.1, 0.15) is 0 Å². The van der Waals surface area contributed by atoms with Crippen LogP contribution in [0.15, 0.2) is 16.6 Å². The van der Waals surface area contributed by atoms with Gasteiger partial charge in [-0.25, -0.2) is 18.1 Å². The van der Waals surface area contributed by atoms with E-state index in [4.69, 9.17) is 11.6 Å². The Morgan fingerprint density at radius 2 is 2.35 bits per heavy atom. The molecule has 2 rings (SSSR count). The normalized spacial score (nSPS) is 12.4. The number of rotatable bonds is 5. The number of hydrogen-bond donors (Lipinski definition) is 1. The van der Waals surface area contributed by atoms with Gasteiger partial charge in [-0.15, -0.1) is 11.3 Å². The monoisotopic (exact) mass is 293 g/mol. The molecule has 94 valence electrons. The molecule has 0 atom stereocenters. The number of thiazole rings is 1. The molecule has 0 fully saturated rings. The van der Waals surface area contributed by atoms with E-state index in [1.54, 1.807) is 11.6 Å². The summed E-state index contributed by atoms with van der Waals surface area (Å²) in [6.07, 6.45) is 3.37. The van der Waals surface area contributed by atoms with Crippen molar-refractivity contribution in [3.05, 3.63) is 16.7 Å². The van der Waals surface area contributed by atoms with Gasteiger partial charge in [-0.1, -0.05) is 24.9 Å². The van der Waals surface area contributed by atoms with Crippen LogP contribution in [0.3, 0.4) is 0 Å². The maximum Gasteiger partial charge on any atom is 0.259 e. The maximum atomic E-state index is 12.0. The van der Waals surface area contributed by atoms with Crippen molar-refractivity contribution in [3.8, 4) is 0 Å². The molecule has 0 radical (unpaired) electrons. The van der Waals surface area contributed by atoms with E-state index in [0.29, 0.717) is 11.5 Å². The lowest BCUT2D eigenvalue weighted by Crippen LogP contribution is -2.26. The molecule has 0 saturated carbocycles. The van der Waals surface area contributed by atoms with E-state index in [-0.39, 0.29) is 10.2 Å². The first kappa shape index (κ1) is 12.8. The predicted octanol–water partition coefficient (Wildman–Crippen LogP) is 2.13. The molecule has 0 aliphatic heterocycles. The summed E-state index contributed by atoms with van der Waals surface area (Å²) in [7, 11) is -3.59. The Kier molecular flexibility index (Phi) is 3.72. The highest BCUT2D eigenvalue weighted by molar-refractivity contribution is 7.89. The van der Waals surface area contributed by atoms with Gasteiger partial charge < -0.3 is 0 Å². The molecule has 0 bridgehead atoms. The van der Waals surface area contributed by atoms with Crippen LogP contribution in [0.25, 0.3) is 4.96 Å². The molecule has 0 spiro atoms. The van der Waals surface area contributed by atoms with Crippen LogP contribution in [0, 0.1) is 0 Å². The lowest BCUT2D eigenvalue weighted by molar-refractivity contribution is 0.573. The summed E-state index contributed by atoms with van der Waals surface area (Å²) in [5.74, 6) is 0. The number of fused-ring (bicyclic) bond motifs is 1.